The van der Waals surface area contributed by atoms with Gasteiger partial charge in [-0.3, -0.25) is 4.79 Å². The van der Waals surface area contributed by atoms with Crippen LogP contribution in [0.4, 0.5) is 0 Å². The van der Waals surface area contributed by atoms with E-state index in [1.807, 2.05) is 19.1 Å². The molecule has 0 radical (unpaired) electrons. The van der Waals surface area contributed by atoms with Crippen LogP contribution >= 0.6 is 0 Å². The van der Waals surface area contributed by atoms with Crippen molar-refractivity contribution in [1.29, 1.82) is 0 Å². The van der Waals surface area contributed by atoms with Gasteiger partial charge in [0.1, 0.15) is 5.75 Å². The molecule has 0 bridgehead atoms. The molecule has 0 saturated heterocycles. The van der Waals surface area contributed by atoms with Gasteiger partial charge in [0.05, 0.1) is 6.61 Å². The highest BCUT2D eigenvalue weighted by atomic mass is 16.5. The number of benzene rings is 1. The highest BCUT2D eigenvalue weighted by Gasteiger charge is 2.16. The van der Waals surface area contributed by atoms with Gasteiger partial charge in [0.2, 0.25) is 0 Å². The Morgan fingerprint density at radius 3 is 2.50 bits per heavy atom. The molecule has 0 aromatic heterocycles. The lowest BCUT2D eigenvalue weighted by atomic mass is 10.1. The van der Waals surface area contributed by atoms with E-state index in [1.54, 1.807) is 24.1 Å². The number of nitrogens with two attached hydrogens (primary N) is 1. The van der Waals surface area contributed by atoms with Gasteiger partial charge in [-0.1, -0.05) is 19.8 Å². The second-order valence-electron chi connectivity index (χ2n) is 5.08. The first kappa shape index (κ1) is 16.5. The zero-order valence-electron chi connectivity index (χ0n) is 12.8. The average Bonchev–Trinajstić information content (AvgIpc) is 2.50. The Bertz CT molecular complexity index is 403. The van der Waals surface area contributed by atoms with Crippen molar-refractivity contribution < 1.29 is 9.53 Å². The van der Waals surface area contributed by atoms with E-state index in [-0.39, 0.29) is 11.9 Å². The van der Waals surface area contributed by atoms with Gasteiger partial charge < -0.3 is 15.4 Å². The van der Waals surface area contributed by atoms with Crippen LogP contribution < -0.4 is 10.5 Å². The molecular formula is C16H26N2O2. The van der Waals surface area contributed by atoms with E-state index >= 15 is 0 Å². The normalized spacial score (nSPS) is 12.0. The summed E-state index contributed by atoms with van der Waals surface area (Å²) in [5, 5.41) is 0. The smallest absolute Gasteiger partial charge is 0.253 e. The fourth-order valence-corrected chi connectivity index (χ4v) is 1.80. The van der Waals surface area contributed by atoms with Crippen molar-refractivity contribution in [2.75, 3.05) is 20.2 Å². The lowest BCUT2D eigenvalue weighted by molar-refractivity contribution is 0.0748. The molecule has 0 aliphatic heterocycles. The van der Waals surface area contributed by atoms with Crippen molar-refractivity contribution in [2.45, 2.75) is 39.2 Å². The number of hydrogen-bond donors (Lipinski definition) is 1. The molecule has 1 unspecified atom stereocenters. The van der Waals surface area contributed by atoms with E-state index in [1.165, 1.54) is 12.8 Å². The Morgan fingerprint density at radius 1 is 1.30 bits per heavy atom. The maximum absolute atomic E-state index is 12.2. The molecule has 0 fully saturated rings. The summed E-state index contributed by atoms with van der Waals surface area (Å²) in [5.74, 6) is 0.799. The molecule has 0 heterocycles. The van der Waals surface area contributed by atoms with E-state index in [0.29, 0.717) is 12.1 Å². The predicted molar refractivity (Wildman–Crippen MR) is 82.1 cm³/mol. The van der Waals surface area contributed by atoms with Crippen LogP contribution in [0, 0.1) is 0 Å². The molecule has 1 amide bonds. The van der Waals surface area contributed by atoms with Crippen molar-refractivity contribution in [3.05, 3.63) is 29.8 Å². The molecule has 2 N–H and O–H groups in total. The van der Waals surface area contributed by atoms with E-state index in [2.05, 4.69) is 6.92 Å². The topological polar surface area (TPSA) is 55.6 Å². The monoisotopic (exact) mass is 278 g/mol. The van der Waals surface area contributed by atoms with Crippen LogP contribution in [-0.2, 0) is 0 Å². The van der Waals surface area contributed by atoms with Crippen molar-refractivity contribution in [3.63, 3.8) is 0 Å². The minimum absolute atomic E-state index is 0.0134. The molecule has 112 valence electrons. The third kappa shape index (κ3) is 4.85. The number of ether oxygens (including phenoxy) is 1. The van der Waals surface area contributed by atoms with Crippen LogP contribution in [0.1, 0.15) is 43.5 Å². The van der Waals surface area contributed by atoms with Crippen LogP contribution in [0.25, 0.3) is 0 Å². The molecule has 0 aliphatic rings. The van der Waals surface area contributed by atoms with Crippen LogP contribution in [0.2, 0.25) is 0 Å². The minimum Gasteiger partial charge on any atom is -0.494 e. The number of unbranched alkanes of at least 4 members (excludes halogenated alkanes) is 2. The maximum Gasteiger partial charge on any atom is 0.253 e. The van der Waals surface area contributed by atoms with Gasteiger partial charge >= 0.3 is 0 Å². The van der Waals surface area contributed by atoms with Gasteiger partial charge in [-0.25, -0.2) is 0 Å². The summed E-state index contributed by atoms with van der Waals surface area (Å²) in [4.78, 5) is 13.8. The van der Waals surface area contributed by atoms with Gasteiger partial charge in [-0.15, -0.1) is 0 Å². The summed E-state index contributed by atoms with van der Waals surface area (Å²) in [5.41, 5.74) is 6.24. The lowest BCUT2D eigenvalue weighted by Gasteiger charge is -2.23. The molecule has 1 aromatic rings. The molecule has 1 rings (SSSR count). The first-order valence-corrected chi connectivity index (χ1v) is 7.30. The average molecular weight is 278 g/mol. The second-order valence-corrected chi connectivity index (χ2v) is 5.08. The summed E-state index contributed by atoms with van der Waals surface area (Å²) < 4.78 is 5.63. The van der Waals surface area contributed by atoms with Gasteiger partial charge in [0.25, 0.3) is 5.91 Å². The number of carbonyl (C=O) groups is 1. The van der Waals surface area contributed by atoms with E-state index < -0.39 is 0 Å². The molecular weight excluding hydrogens is 252 g/mol. The molecule has 0 saturated carbocycles. The van der Waals surface area contributed by atoms with Gasteiger partial charge in [0, 0.05) is 25.2 Å². The Kier molecular flexibility index (Phi) is 7.09. The first-order valence-electron chi connectivity index (χ1n) is 7.30. The molecule has 0 aliphatic carbocycles. The Labute approximate surface area is 121 Å². The number of amides is 1. The SMILES string of the molecule is CCCCCOc1ccc(C(=O)N(C)C(C)CN)cc1. The molecule has 1 atom stereocenters. The van der Waals surface area contributed by atoms with Crippen molar-refractivity contribution in [2.24, 2.45) is 5.73 Å². The highest BCUT2D eigenvalue weighted by Crippen LogP contribution is 2.14. The van der Waals surface area contributed by atoms with Crippen molar-refractivity contribution in [3.8, 4) is 5.75 Å². The third-order valence-corrected chi connectivity index (χ3v) is 3.44. The lowest BCUT2D eigenvalue weighted by Crippen LogP contribution is -2.39. The summed E-state index contributed by atoms with van der Waals surface area (Å²) in [7, 11) is 1.77. The highest BCUT2D eigenvalue weighted by molar-refractivity contribution is 5.94. The van der Waals surface area contributed by atoms with Crippen LogP contribution in [0.5, 0.6) is 5.75 Å². The number of carbonyl (C=O) groups excluding carboxylic acids is 1. The predicted octanol–water partition coefficient (Wildman–Crippen LogP) is 2.67. The molecule has 4 heteroatoms. The van der Waals surface area contributed by atoms with Crippen molar-refractivity contribution in [1.82, 2.24) is 4.90 Å². The molecule has 4 nitrogen and oxygen atoms in total. The van der Waals surface area contributed by atoms with Crippen LogP contribution in [-0.4, -0.2) is 37.0 Å². The number of nitrogens with zero attached hydrogens (tertiary/aromatic N) is 1. The summed E-state index contributed by atoms with van der Waals surface area (Å²) in [6.07, 6.45) is 3.43. The maximum atomic E-state index is 12.2. The van der Waals surface area contributed by atoms with E-state index in [0.717, 1.165) is 18.8 Å². The summed E-state index contributed by atoms with van der Waals surface area (Å²) in [6.45, 7) is 5.29. The number of rotatable bonds is 8. The Hall–Kier alpha value is -1.55. The summed E-state index contributed by atoms with van der Waals surface area (Å²) in [6, 6.07) is 7.34. The van der Waals surface area contributed by atoms with E-state index in [4.69, 9.17) is 10.5 Å². The van der Waals surface area contributed by atoms with Gasteiger partial charge in [0.15, 0.2) is 0 Å². The van der Waals surface area contributed by atoms with Gasteiger partial charge in [-0.2, -0.15) is 0 Å². The van der Waals surface area contributed by atoms with Crippen LogP contribution in [0.3, 0.4) is 0 Å². The Morgan fingerprint density at radius 2 is 1.95 bits per heavy atom. The number of hydrogen-bond acceptors (Lipinski definition) is 3. The number of likely N-dealkylation sites (N-methyl/N-ethyl adjacent to an activating group) is 1. The first-order chi connectivity index (χ1) is 9.60. The fourth-order valence-electron chi connectivity index (χ4n) is 1.80. The van der Waals surface area contributed by atoms with E-state index in [9.17, 15) is 4.79 Å². The summed E-state index contributed by atoms with van der Waals surface area (Å²) >= 11 is 0. The second kappa shape index (κ2) is 8.59. The minimum atomic E-state index is -0.0134. The largest absolute Gasteiger partial charge is 0.494 e. The van der Waals surface area contributed by atoms with Crippen molar-refractivity contribution >= 4 is 5.91 Å². The third-order valence-electron chi connectivity index (χ3n) is 3.44. The molecule has 1 aromatic carbocycles. The standard InChI is InChI=1S/C16H26N2O2/c1-4-5-6-11-20-15-9-7-14(8-10-15)16(19)18(3)13(2)12-17/h7-10,13H,4-6,11-12,17H2,1-3H3. The quantitative estimate of drug-likeness (QED) is 0.744. The Balaban J connectivity index is 2.55. The van der Waals surface area contributed by atoms with Gasteiger partial charge in [-0.05, 0) is 37.6 Å². The zero-order chi connectivity index (χ0) is 15.0. The fraction of sp³-hybridized carbons (Fsp3) is 0.562. The molecule has 20 heavy (non-hydrogen) atoms. The van der Waals surface area contributed by atoms with Crippen LogP contribution in [0.15, 0.2) is 24.3 Å². The molecule has 0 spiro atoms. The zero-order valence-corrected chi connectivity index (χ0v) is 12.8.